The fourth-order valence-electron chi connectivity index (χ4n) is 3.95. The summed E-state index contributed by atoms with van der Waals surface area (Å²) in [5.74, 6) is 0.159. The molecule has 0 bridgehead atoms. The molecule has 3 aromatic carbocycles. The molecular formula is C29H30N2O3. The number of rotatable bonds is 10. The Morgan fingerprint density at radius 2 is 1.50 bits per heavy atom. The van der Waals surface area contributed by atoms with Crippen LogP contribution in [0.1, 0.15) is 37.0 Å². The van der Waals surface area contributed by atoms with Crippen LogP contribution in [0.4, 0.5) is 5.69 Å². The Labute approximate surface area is 201 Å². The summed E-state index contributed by atoms with van der Waals surface area (Å²) in [4.78, 5) is 28.2. The summed E-state index contributed by atoms with van der Waals surface area (Å²) in [6.07, 6.45) is 2.46. The Hall–Kier alpha value is -3.86. The van der Waals surface area contributed by atoms with Gasteiger partial charge in [-0.25, -0.2) is 0 Å². The van der Waals surface area contributed by atoms with Gasteiger partial charge in [-0.15, -0.1) is 0 Å². The van der Waals surface area contributed by atoms with E-state index < -0.39 is 0 Å². The third-order valence-corrected chi connectivity index (χ3v) is 5.88. The van der Waals surface area contributed by atoms with Gasteiger partial charge < -0.3 is 10.1 Å². The minimum atomic E-state index is -0.304. The third kappa shape index (κ3) is 5.20. The number of aryl methyl sites for hydroxylation is 1. The Morgan fingerprint density at radius 3 is 2.15 bits per heavy atom. The lowest BCUT2D eigenvalue weighted by Gasteiger charge is -2.15. The highest BCUT2D eigenvalue weighted by molar-refractivity contribution is 6.36. The molecule has 1 aliphatic rings. The Kier molecular flexibility index (Phi) is 7.43. The molecule has 0 saturated carbocycles. The van der Waals surface area contributed by atoms with Crippen LogP contribution in [0, 0.1) is 0 Å². The fraction of sp³-hybridized carbons (Fsp3) is 0.241. The lowest BCUT2D eigenvalue weighted by Crippen LogP contribution is -2.34. The average molecular weight is 455 g/mol. The van der Waals surface area contributed by atoms with Gasteiger partial charge in [-0.3, -0.25) is 14.5 Å². The zero-order valence-corrected chi connectivity index (χ0v) is 19.7. The summed E-state index contributed by atoms with van der Waals surface area (Å²) >= 11 is 0. The van der Waals surface area contributed by atoms with Crippen molar-refractivity contribution >= 4 is 23.1 Å². The van der Waals surface area contributed by atoms with Crippen LogP contribution in [-0.2, 0) is 22.4 Å². The number of hydrogen-bond donors (Lipinski definition) is 1. The molecule has 0 saturated heterocycles. The van der Waals surface area contributed by atoms with Gasteiger partial charge in [-0.1, -0.05) is 68.4 Å². The van der Waals surface area contributed by atoms with Crippen LogP contribution in [-0.4, -0.2) is 29.9 Å². The van der Waals surface area contributed by atoms with Gasteiger partial charge in [0.1, 0.15) is 11.4 Å². The molecule has 0 unspecified atom stereocenters. The number of benzene rings is 3. The summed E-state index contributed by atoms with van der Waals surface area (Å²) < 4.78 is 5.68. The van der Waals surface area contributed by atoms with Crippen molar-refractivity contribution in [2.75, 3.05) is 18.5 Å². The van der Waals surface area contributed by atoms with Gasteiger partial charge in [-0.2, -0.15) is 0 Å². The molecule has 3 aromatic rings. The molecule has 2 amide bonds. The number of nitrogens with one attached hydrogen (secondary N) is 1. The van der Waals surface area contributed by atoms with Crippen LogP contribution in [0.25, 0.3) is 5.57 Å². The molecule has 4 rings (SSSR count). The van der Waals surface area contributed by atoms with E-state index in [2.05, 4.69) is 19.2 Å². The second-order valence-corrected chi connectivity index (χ2v) is 8.30. The van der Waals surface area contributed by atoms with E-state index in [1.807, 2.05) is 78.9 Å². The lowest BCUT2D eigenvalue weighted by molar-refractivity contribution is -0.136. The maximum absolute atomic E-state index is 13.5. The maximum atomic E-state index is 13.5. The summed E-state index contributed by atoms with van der Waals surface area (Å²) in [5, 5.41) is 3.23. The number of ether oxygens (including phenoxy) is 1. The van der Waals surface area contributed by atoms with E-state index in [0.717, 1.165) is 29.8 Å². The van der Waals surface area contributed by atoms with Crippen molar-refractivity contribution in [2.24, 2.45) is 0 Å². The van der Waals surface area contributed by atoms with Crippen molar-refractivity contribution in [3.05, 3.63) is 101 Å². The molecule has 0 spiro atoms. The van der Waals surface area contributed by atoms with Crippen molar-refractivity contribution in [2.45, 2.75) is 33.1 Å². The van der Waals surface area contributed by atoms with E-state index in [0.29, 0.717) is 36.4 Å². The number of carbonyl (C=O) groups is 2. The van der Waals surface area contributed by atoms with Gasteiger partial charge in [0.15, 0.2) is 0 Å². The second kappa shape index (κ2) is 10.8. The number of nitrogens with zero attached hydrogens (tertiary/aromatic N) is 1. The Morgan fingerprint density at radius 1 is 0.794 bits per heavy atom. The van der Waals surface area contributed by atoms with E-state index in [1.165, 1.54) is 10.5 Å². The Bertz CT molecular complexity index is 1170. The molecule has 0 aliphatic carbocycles. The van der Waals surface area contributed by atoms with Gasteiger partial charge in [0.2, 0.25) is 0 Å². The van der Waals surface area contributed by atoms with Crippen molar-refractivity contribution in [3.8, 4) is 5.75 Å². The van der Waals surface area contributed by atoms with Gasteiger partial charge in [-0.05, 0) is 60.2 Å². The largest absolute Gasteiger partial charge is 0.494 e. The van der Waals surface area contributed by atoms with Crippen molar-refractivity contribution in [1.29, 1.82) is 0 Å². The highest BCUT2D eigenvalue weighted by Gasteiger charge is 2.38. The predicted molar refractivity (Wildman–Crippen MR) is 135 cm³/mol. The molecule has 174 valence electrons. The topological polar surface area (TPSA) is 58.6 Å². The SMILES string of the molecule is CCCOc1ccc(C2=C(Nc3ccc(CC)cc3)C(=O)N(CCc3ccccc3)C2=O)cc1. The van der Waals surface area contributed by atoms with Crippen LogP contribution in [0.5, 0.6) is 5.75 Å². The van der Waals surface area contributed by atoms with Crippen molar-refractivity contribution in [1.82, 2.24) is 4.90 Å². The summed E-state index contributed by atoms with van der Waals surface area (Å²) in [7, 11) is 0. The van der Waals surface area contributed by atoms with Crippen molar-refractivity contribution in [3.63, 3.8) is 0 Å². The Balaban J connectivity index is 1.63. The van der Waals surface area contributed by atoms with E-state index in [4.69, 9.17) is 4.74 Å². The first-order valence-corrected chi connectivity index (χ1v) is 11.8. The van der Waals surface area contributed by atoms with Crippen LogP contribution in [0.15, 0.2) is 84.6 Å². The van der Waals surface area contributed by atoms with Crippen LogP contribution in [0.2, 0.25) is 0 Å². The zero-order chi connectivity index (χ0) is 23.9. The van der Waals surface area contributed by atoms with Crippen LogP contribution < -0.4 is 10.1 Å². The summed E-state index contributed by atoms with van der Waals surface area (Å²) in [6.45, 7) is 5.11. The van der Waals surface area contributed by atoms with Crippen LogP contribution >= 0.6 is 0 Å². The first-order valence-electron chi connectivity index (χ1n) is 11.8. The van der Waals surface area contributed by atoms with Crippen LogP contribution in [0.3, 0.4) is 0 Å². The third-order valence-electron chi connectivity index (χ3n) is 5.88. The standard InChI is InChI=1S/C29H30N2O3/c1-3-20-34-25-16-12-23(13-17-25)26-27(30-24-14-10-21(4-2)11-15-24)29(33)31(28(26)32)19-18-22-8-6-5-7-9-22/h5-17,30H,3-4,18-20H2,1-2H3. The normalized spacial score (nSPS) is 13.5. The predicted octanol–water partition coefficient (Wildman–Crippen LogP) is 5.47. The van der Waals surface area contributed by atoms with E-state index in [1.54, 1.807) is 0 Å². The minimum Gasteiger partial charge on any atom is -0.494 e. The smallest absolute Gasteiger partial charge is 0.278 e. The molecule has 1 heterocycles. The number of carbonyl (C=O) groups excluding carboxylic acids is 2. The molecule has 0 radical (unpaired) electrons. The van der Waals surface area contributed by atoms with E-state index >= 15 is 0 Å². The first kappa shape index (κ1) is 23.3. The number of hydrogen-bond acceptors (Lipinski definition) is 4. The fourth-order valence-corrected chi connectivity index (χ4v) is 3.95. The zero-order valence-electron chi connectivity index (χ0n) is 19.7. The van der Waals surface area contributed by atoms with Gasteiger partial charge in [0.05, 0.1) is 12.2 Å². The highest BCUT2D eigenvalue weighted by atomic mass is 16.5. The molecule has 0 aromatic heterocycles. The summed E-state index contributed by atoms with van der Waals surface area (Å²) in [5.41, 5.74) is 4.46. The average Bonchev–Trinajstić information content (AvgIpc) is 3.11. The molecular weight excluding hydrogens is 424 g/mol. The maximum Gasteiger partial charge on any atom is 0.278 e. The molecule has 0 atom stereocenters. The van der Waals surface area contributed by atoms with Crippen molar-refractivity contribution < 1.29 is 14.3 Å². The molecule has 5 heteroatoms. The number of anilines is 1. The minimum absolute atomic E-state index is 0.282. The number of amides is 2. The lowest BCUT2D eigenvalue weighted by atomic mass is 10.0. The molecule has 1 aliphatic heterocycles. The molecule has 0 fully saturated rings. The first-order chi connectivity index (χ1) is 16.6. The highest BCUT2D eigenvalue weighted by Crippen LogP contribution is 2.31. The summed E-state index contributed by atoms with van der Waals surface area (Å²) in [6, 6.07) is 25.2. The quantitative estimate of drug-likeness (QED) is 0.413. The van der Waals surface area contributed by atoms with Gasteiger partial charge in [0.25, 0.3) is 11.8 Å². The second-order valence-electron chi connectivity index (χ2n) is 8.30. The van der Waals surface area contributed by atoms with Gasteiger partial charge >= 0.3 is 0 Å². The molecule has 5 nitrogen and oxygen atoms in total. The van der Waals surface area contributed by atoms with E-state index in [9.17, 15) is 9.59 Å². The molecule has 34 heavy (non-hydrogen) atoms. The number of imide groups is 1. The molecule has 1 N–H and O–H groups in total. The van der Waals surface area contributed by atoms with E-state index in [-0.39, 0.29) is 11.8 Å². The monoisotopic (exact) mass is 454 g/mol. The van der Waals surface area contributed by atoms with Gasteiger partial charge in [0, 0.05) is 12.2 Å².